The number of anilines is 1. The Hall–Kier alpha value is -2.00. The van der Waals surface area contributed by atoms with Gasteiger partial charge in [-0.3, -0.25) is 4.79 Å². The van der Waals surface area contributed by atoms with E-state index in [1.807, 2.05) is 24.3 Å². The highest BCUT2D eigenvalue weighted by Gasteiger charge is 2.26. The van der Waals surface area contributed by atoms with Gasteiger partial charge in [-0.2, -0.15) is 0 Å². The third-order valence-electron chi connectivity index (χ3n) is 3.59. The van der Waals surface area contributed by atoms with Crippen LogP contribution in [0.1, 0.15) is 17.5 Å². The number of para-hydroxylation sites is 1. The van der Waals surface area contributed by atoms with E-state index in [1.54, 1.807) is 12.1 Å². The molecule has 3 rings (SSSR count). The van der Waals surface area contributed by atoms with Gasteiger partial charge in [-0.25, -0.2) is 0 Å². The summed E-state index contributed by atoms with van der Waals surface area (Å²) in [6.45, 7) is 2.05. The molecular formula is C17H16ClNO2. The quantitative estimate of drug-likeness (QED) is 0.911. The van der Waals surface area contributed by atoms with Crippen LogP contribution in [0.4, 0.5) is 5.69 Å². The number of fused-ring (bicyclic) bond motifs is 1. The zero-order chi connectivity index (χ0) is 14.8. The van der Waals surface area contributed by atoms with Crippen LogP contribution in [0.5, 0.6) is 5.75 Å². The van der Waals surface area contributed by atoms with Gasteiger partial charge in [0.15, 0.2) is 6.10 Å². The van der Waals surface area contributed by atoms with E-state index in [1.165, 1.54) is 5.56 Å². The van der Waals surface area contributed by atoms with Crippen molar-refractivity contribution in [1.29, 1.82) is 0 Å². The molecule has 0 aromatic heterocycles. The molecule has 21 heavy (non-hydrogen) atoms. The Morgan fingerprint density at radius 2 is 2.10 bits per heavy atom. The topological polar surface area (TPSA) is 38.3 Å². The first-order valence-corrected chi connectivity index (χ1v) is 7.33. The number of halogens is 1. The van der Waals surface area contributed by atoms with E-state index in [2.05, 4.69) is 18.3 Å². The van der Waals surface area contributed by atoms with Crippen molar-refractivity contribution < 1.29 is 9.53 Å². The van der Waals surface area contributed by atoms with Gasteiger partial charge in [-0.05, 0) is 43.5 Å². The molecule has 1 aliphatic heterocycles. The average molecular weight is 302 g/mol. The van der Waals surface area contributed by atoms with E-state index in [-0.39, 0.29) is 5.91 Å². The maximum Gasteiger partial charge on any atom is 0.265 e. The summed E-state index contributed by atoms with van der Waals surface area (Å²) in [5.74, 6) is 0.639. The number of aryl methyl sites for hydroxylation is 2. The highest BCUT2D eigenvalue weighted by Crippen LogP contribution is 2.29. The summed E-state index contributed by atoms with van der Waals surface area (Å²) in [4.78, 5) is 12.3. The Morgan fingerprint density at radius 1 is 1.29 bits per heavy atom. The third-order valence-corrected chi connectivity index (χ3v) is 3.91. The predicted molar refractivity (Wildman–Crippen MR) is 84.0 cm³/mol. The van der Waals surface area contributed by atoms with Crippen molar-refractivity contribution in [3.63, 3.8) is 0 Å². The number of amides is 1. The van der Waals surface area contributed by atoms with Gasteiger partial charge < -0.3 is 10.1 Å². The van der Waals surface area contributed by atoms with E-state index in [0.717, 1.165) is 17.7 Å². The molecule has 1 aliphatic rings. The lowest BCUT2D eigenvalue weighted by Gasteiger charge is -2.25. The lowest BCUT2D eigenvalue weighted by atomic mass is 10.00. The highest BCUT2D eigenvalue weighted by atomic mass is 35.5. The fourth-order valence-electron chi connectivity index (χ4n) is 2.48. The van der Waals surface area contributed by atoms with Gasteiger partial charge in [0.1, 0.15) is 5.75 Å². The molecule has 1 amide bonds. The summed E-state index contributed by atoms with van der Waals surface area (Å²) >= 11 is 6.05. The van der Waals surface area contributed by atoms with Crippen LogP contribution in [-0.4, -0.2) is 12.0 Å². The SMILES string of the molecule is Cc1ccc2c(c1)CCC(C(=O)Nc1ccccc1Cl)O2. The van der Waals surface area contributed by atoms with Crippen molar-refractivity contribution in [1.82, 2.24) is 0 Å². The Morgan fingerprint density at radius 3 is 2.90 bits per heavy atom. The van der Waals surface area contributed by atoms with Crippen LogP contribution in [0.2, 0.25) is 5.02 Å². The van der Waals surface area contributed by atoms with Gasteiger partial charge >= 0.3 is 0 Å². The van der Waals surface area contributed by atoms with Gasteiger partial charge in [-0.1, -0.05) is 41.4 Å². The number of carbonyl (C=O) groups is 1. The first-order chi connectivity index (χ1) is 10.1. The summed E-state index contributed by atoms with van der Waals surface area (Å²) in [6, 6.07) is 13.2. The average Bonchev–Trinajstić information content (AvgIpc) is 2.49. The molecule has 1 N–H and O–H groups in total. The van der Waals surface area contributed by atoms with Gasteiger partial charge in [0.2, 0.25) is 0 Å². The molecule has 1 heterocycles. The summed E-state index contributed by atoms with van der Waals surface area (Å²) in [5, 5.41) is 3.35. The lowest BCUT2D eigenvalue weighted by Crippen LogP contribution is -2.35. The second kappa shape index (κ2) is 5.78. The van der Waals surface area contributed by atoms with Crippen molar-refractivity contribution in [2.45, 2.75) is 25.9 Å². The molecule has 1 atom stereocenters. The van der Waals surface area contributed by atoms with Gasteiger partial charge in [0.25, 0.3) is 5.91 Å². The molecule has 108 valence electrons. The van der Waals surface area contributed by atoms with Crippen LogP contribution in [0.15, 0.2) is 42.5 Å². The fraction of sp³-hybridized carbons (Fsp3) is 0.235. The van der Waals surface area contributed by atoms with E-state index in [9.17, 15) is 4.79 Å². The number of hydrogen-bond donors (Lipinski definition) is 1. The standard InChI is InChI=1S/C17H16ClNO2/c1-11-6-8-15-12(10-11)7-9-16(21-15)17(20)19-14-5-3-2-4-13(14)18/h2-6,8,10,16H,7,9H2,1H3,(H,19,20). The molecule has 0 aliphatic carbocycles. The number of hydrogen-bond acceptors (Lipinski definition) is 2. The summed E-state index contributed by atoms with van der Waals surface area (Å²) < 4.78 is 5.81. The first kappa shape index (κ1) is 14.0. The molecule has 0 saturated heterocycles. The van der Waals surface area contributed by atoms with Gasteiger partial charge in [-0.15, -0.1) is 0 Å². The largest absolute Gasteiger partial charge is 0.480 e. The molecule has 2 aromatic carbocycles. The maximum absolute atomic E-state index is 12.3. The van der Waals surface area contributed by atoms with Crippen LogP contribution < -0.4 is 10.1 Å². The number of ether oxygens (including phenoxy) is 1. The molecule has 0 spiro atoms. The Balaban J connectivity index is 1.73. The highest BCUT2D eigenvalue weighted by molar-refractivity contribution is 6.33. The zero-order valence-corrected chi connectivity index (χ0v) is 12.5. The minimum absolute atomic E-state index is 0.158. The van der Waals surface area contributed by atoms with Crippen LogP contribution in [0.3, 0.4) is 0 Å². The zero-order valence-electron chi connectivity index (χ0n) is 11.7. The molecule has 0 fully saturated rings. The first-order valence-electron chi connectivity index (χ1n) is 6.95. The molecule has 0 radical (unpaired) electrons. The Labute approximate surface area is 128 Å². The smallest absolute Gasteiger partial charge is 0.265 e. The number of nitrogens with one attached hydrogen (secondary N) is 1. The summed E-state index contributed by atoms with van der Waals surface area (Å²) in [7, 11) is 0. The van der Waals surface area contributed by atoms with E-state index in [0.29, 0.717) is 17.1 Å². The number of benzene rings is 2. The molecule has 4 heteroatoms. The Kier molecular flexibility index (Phi) is 3.84. The van der Waals surface area contributed by atoms with E-state index < -0.39 is 6.10 Å². The lowest BCUT2D eigenvalue weighted by molar-refractivity contribution is -0.123. The molecule has 1 unspecified atom stereocenters. The monoisotopic (exact) mass is 301 g/mol. The van der Waals surface area contributed by atoms with Crippen molar-refractivity contribution >= 4 is 23.2 Å². The van der Waals surface area contributed by atoms with Crippen LogP contribution in [0.25, 0.3) is 0 Å². The Bertz CT molecular complexity index is 684. The van der Waals surface area contributed by atoms with Crippen LogP contribution in [0, 0.1) is 6.92 Å². The molecule has 3 nitrogen and oxygen atoms in total. The second-order valence-electron chi connectivity index (χ2n) is 5.23. The third kappa shape index (κ3) is 3.03. The summed E-state index contributed by atoms with van der Waals surface area (Å²) in [6.07, 6.45) is 1.04. The molecule has 0 saturated carbocycles. The minimum atomic E-state index is -0.475. The van der Waals surface area contributed by atoms with Gasteiger partial charge in [0.05, 0.1) is 10.7 Å². The maximum atomic E-state index is 12.3. The van der Waals surface area contributed by atoms with Crippen LogP contribution in [-0.2, 0) is 11.2 Å². The van der Waals surface area contributed by atoms with E-state index >= 15 is 0 Å². The minimum Gasteiger partial charge on any atom is -0.480 e. The van der Waals surface area contributed by atoms with Crippen molar-refractivity contribution in [3.8, 4) is 5.75 Å². The van der Waals surface area contributed by atoms with Crippen molar-refractivity contribution in [2.24, 2.45) is 0 Å². The van der Waals surface area contributed by atoms with Crippen molar-refractivity contribution in [2.75, 3.05) is 5.32 Å². The number of carbonyl (C=O) groups excluding carboxylic acids is 1. The fourth-order valence-corrected chi connectivity index (χ4v) is 2.66. The van der Waals surface area contributed by atoms with Crippen molar-refractivity contribution in [3.05, 3.63) is 58.6 Å². The number of rotatable bonds is 2. The second-order valence-corrected chi connectivity index (χ2v) is 5.63. The van der Waals surface area contributed by atoms with Crippen LogP contribution >= 0.6 is 11.6 Å². The molecular weight excluding hydrogens is 286 g/mol. The molecule has 2 aromatic rings. The van der Waals surface area contributed by atoms with E-state index in [4.69, 9.17) is 16.3 Å². The summed E-state index contributed by atoms with van der Waals surface area (Å²) in [5.41, 5.74) is 2.98. The molecule has 0 bridgehead atoms. The predicted octanol–water partition coefficient (Wildman–Crippen LogP) is 3.98. The van der Waals surface area contributed by atoms with Gasteiger partial charge in [0, 0.05) is 0 Å². The normalized spacial score (nSPS) is 16.8.